The zero-order chi connectivity index (χ0) is 15.8. The van der Waals surface area contributed by atoms with Crippen LogP contribution in [0.4, 0.5) is 4.39 Å². The van der Waals surface area contributed by atoms with Crippen LogP contribution in [-0.4, -0.2) is 35.0 Å². The lowest BCUT2D eigenvalue weighted by atomic mass is 10.1. The van der Waals surface area contributed by atoms with Crippen molar-refractivity contribution in [3.63, 3.8) is 0 Å². The van der Waals surface area contributed by atoms with Gasteiger partial charge in [0.2, 0.25) is 5.91 Å². The number of halogens is 1. The molecule has 116 valence electrons. The molecule has 0 spiro atoms. The van der Waals surface area contributed by atoms with Gasteiger partial charge in [0.05, 0.1) is 6.42 Å². The number of aliphatic carboxylic acids is 1. The molecular formula is C16H22FNO3. The molecule has 0 saturated carbocycles. The molecular weight excluding hydrogens is 273 g/mol. The van der Waals surface area contributed by atoms with Crippen LogP contribution in [0.15, 0.2) is 24.3 Å². The van der Waals surface area contributed by atoms with Crippen molar-refractivity contribution < 1.29 is 19.1 Å². The van der Waals surface area contributed by atoms with Crippen molar-refractivity contribution in [3.05, 3.63) is 35.6 Å². The fourth-order valence-electron chi connectivity index (χ4n) is 2.05. The highest BCUT2D eigenvalue weighted by atomic mass is 19.1. The van der Waals surface area contributed by atoms with Crippen LogP contribution in [0.2, 0.25) is 0 Å². The first kappa shape index (κ1) is 17.1. The van der Waals surface area contributed by atoms with Crippen molar-refractivity contribution >= 4 is 11.9 Å². The molecule has 1 N–H and O–H groups in total. The minimum atomic E-state index is -0.907. The molecule has 0 bridgehead atoms. The predicted molar refractivity (Wildman–Crippen MR) is 78.4 cm³/mol. The third-order valence-corrected chi connectivity index (χ3v) is 3.07. The summed E-state index contributed by atoms with van der Waals surface area (Å²) in [5.41, 5.74) is 0.896. The maximum absolute atomic E-state index is 12.8. The van der Waals surface area contributed by atoms with E-state index in [4.69, 9.17) is 5.11 Å². The Morgan fingerprint density at radius 1 is 1.19 bits per heavy atom. The summed E-state index contributed by atoms with van der Waals surface area (Å²) in [6, 6.07) is 6.06. The van der Waals surface area contributed by atoms with Gasteiger partial charge in [0.25, 0.3) is 0 Å². The first-order chi connectivity index (χ1) is 9.88. The standard InChI is InChI=1S/C16H22FNO3/c1-12(2)11-18(10-9-16(20)21)15(19)8-5-13-3-6-14(17)7-4-13/h3-4,6-7,12H,5,8-11H2,1-2H3,(H,20,21). The third-order valence-electron chi connectivity index (χ3n) is 3.07. The number of carbonyl (C=O) groups excluding carboxylic acids is 1. The summed E-state index contributed by atoms with van der Waals surface area (Å²) in [5.74, 6) is -0.981. The number of carboxylic acids is 1. The van der Waals surface area contributed by atoms with Gasteiger partial charge in [-0.3, -0.25) is 9.59 Å². The van der Waals surface area contributed by atoms with Gasteiger partial charge in [0.1, 0.15) is 5.82 Å². The van der Waals surface area contributed by atoms with Crippen molar-refractivity contribution in [2.45, 2.75) is 33.1 Å². The number of nitrogens with zero attached hydrogens (tertiary/aromatic N) is 1. The van der Waals surface area contributed by atoms with E-state index in [2.05, 4.69) is 0 Å². The SMILES string of the molecule is CC(C)CN(CCC(=O)O)C(=O)CCc1ccc(F)cc1. The van der Waals surface area contributed by atoms with E-state index in [0.29, 0.717) is 19.4 Å². The van der Waals surface area contributed by atoms with Crippen LogP contribution < -0.4 is 0 Å². The molecule has 1 amide bonds. The largest absolute Gasteiger partial charge is 0.481 e. The van der Waals surface area contributed by atoms with Gasteiger partial charge in [0, 0.05) is 19.5 Å². The van der Waals surface area contributed by atoms with Crippen LogP contribution in [0.25, 0.3) is 0 Å². The monoisotopic (exact) mass is 295 g/mol. The Balaban J connectivity index is 2.54. The summed E-state index contributed by atoms with van der Waals surface area (Å²) in [5, 5.41) is 8.74. The Morgan fingerprint density at radius 2 is 1.81 bits per heavy atom. The molecule has 4 nitrogen and oxygen atoms in total. The summed E-state index contributed by atoms with van der Waals surface area (Å²) in [6.45, 7) is 4.76. The van der Waals surface area contributed by atoms with Crippen LogP contribution >= 0.6 is 0 Å². The normalized spacial score (nSPS) is 10.7. The molecule has 0 heterocycles. The number of hydrogen-bond donors (Lipinski definition) is 1. The lowest BCUT2D eigenvalue weighted by Crippen LogP contribution is -2.36. The summed E-state index contributed by atoms with van der Waals surface area (Å²) in [4.78, 5) is 24.4. The van der Waals surface area contributed by atoms with E-state index in [1.165, 1.54) is 12.1 Å². The van der Waals surface area contributed by atoms with Gasteiger partial charge in [-0.25, -0.2) is 4.39 Å². The van der Waals surface area contributed by atoms with E-state index >= 15 is 0 Å². The van der Waals surface area contributed by atoms with E-state index in [9.17, 15) is 14.0 Å². The molecule has 0 aromatic heterocycles. The fourth-order valence-corrected chi connectivity index (χ4v) is 2.05. The zero-order valence-electron chi connectivity index (χ0n) is 12.5. The van der Waals surface area contributed by atoms with Crippen molar-refractivity contribution in [2.24, 2.45) is 5.92 Å². The van der Waals surface area contributed by atoms with Gasteiger partial charge >= 0.3 is 5.97 Å². The number of benzene rings is 1. The van der Waals surface area contributed by atoms with Crippen molar-refractivity contribution in [1.82, 2.24) is 4.90 Å². The zero-order valence-corrected chi connectivity index (χ0v) is 12.5. The number of hydrogen-bond acceptors (Lipinski definition) is 2. The minimum absolute atomic E-state index is 0.0466. The predicted octanol–water partition coefficient (Wildman–Crippen LogP) is 2.72. The fraction of sp³-hybridized carbons (Fsp3) is 0.500. The molecule has 0 fully saturated rings. The molecule has 0 unspecified atom stereocenters. The van der Waals surface area contributed by atoms with Gasteiger partial charge in [-0.15, -0.1) is 0 Å². The van der Waals surface area contributed by atoms with Crippen LogP contribution in [-0.2, 0) is 16.0 Å². The molecule has 0 saturated heterocycles. The number of aryl methyl sites for hydroxylation is 1. The number of carboxylic acid groups (broad SMARTS) is 1. The van der Waals surface area contributed by atoms with Gasteiger partial charge in [0.15, 0.2) is 0 Å². The Hall–Kier alpha value is -1.91. The van der Waals surface area contributed by atoms with Crippen LogP contribution in [0.1, 0.15) is 32.3 Å². The van der Waals surface area contributed by atoms with Crippen molar-refractivity contribution in [2.75, 3.05) is 13.1 Å². The topological polar surface area (TPSA) is 57.6 Å². The second-order valence-corrected chi connectivity index (χ2v) is 5.50. The van der Waals surface area contributed by atoms with Crippen LogP contribution in [0.5, 0.6) is 0 Å². The van der Waals surface area contributed by atoms with E-state index < -0.39 is 5.97 Å². The molecule has 1 aromatic carbocycles. The first-order valence-corrected chi connectivity index (χ1v) is 7.12. The van der Waals surface area contributed by atoms with E-state index in [1.54, 1.807) is 17.0 Å². The Labute approximate surface area is 124 Å². The van der Waals surface area contributed by atoms with Crippen molar-refractivity contribution in [1.29, 1.82) is 0 Å². The van der Waals surface area contributed by atoms with E-state index in [1.807, 2.05) is 13.8 Å². The van der Waals surface area contributed by atoms with Gasteiger partial charge in [-0.05, 0) is 30.0 Å². The lowest BCUT2D eigenvalue weighted by molar-refractivity contribution is -0.138. The molecule has 1 aromatic rings. The highest BCUT2D eigenvalue weighted by Gasteiger charge is 2.16. The second kappa shape index (κ2) is 8.39. The Kier molecular flexibility index (Phi) is 6.85. The maximum Gasteiger partial charge on any atom is 0.305 e. The van der Waals surface area contributed by atoms with Crippen LogP contribution in [0, 0.1) is 11.7 Å². The summed E-state index contributed by atoms with van der Waals surface area (Å²) < 4.78 is 12.8. The molecule has 0 aliphatic heterocycles. The summed E-state index contributed by atoms with van der Waals surface area (Å²) >= 11 is 0. The smallest absolute Gasteiger partial charge is 0.305 e. The lowest BCUT2D eigenvalue weighted by Gasteiger charge is -2.24. The van der Waals surface area contributed by atoms with Gasteiger partial charge < -0.3 is 10.0 Å². The van der Waals surface area contributed by atoms with E-state index in [0.717, 1.165) is 5.56 Å². The van der Waals surface area contributed by atoms with Gasteiger partial charge in [-0.1, -0.05) is 26.0 Å². The van der Waals surface area contributed by atoms with Crippen LogP contribution in [0.3, 0.4) is 0 Å². The quantitative estimate of drug-likeness (QED) is 0.802. The average molecular weight is 295 g/mol. The average Bonchev–Trinajstić information content (AvgIpc) is 2.42. The number of rotatable bonds is 8. The second-order valence-electron chi connectivity index (χ2n) is 5.50. The van der Waals surface area contributed by atoms with E-state index in [-0.39, 0.29) is 30.6 Å². The van der Waals surface area contributed by atoms with Gasteiger partial charge in [-0.2, -0.15) is 0 Å². The highest BCUT2D eigenvalue weighted by molar-refractivity contribution is 5.77. The van der Waals surface area contributed by atoms with Crippen molar-refractivity contribution in [3.8, 4) is 0 Å². The maximum atomic E-state index is 12.8. The molecule has 1 rings (SSSR count). The molecule has 21 heavy (non-hydrogen) atoms. The first-order valence-electron chi connectivity index (χ1n) is 7.12. The summed E-state index contributed by atoms with van der Waals surface area (Å²) in [6.07, 6.45) is 0.785. The molecule has 0 radical (unpaired) electrons. The Bertz CT molecular complexity index is 471. The molecule has 0 aliphatic rings. The summed E-state index contributed by atoms with van der Waals surface area (Å²) in [7, 11) is 0. The highest BCUT2D eigenvalue weighted by Crippen LogP contribution is 2.09. The Morgan fingerprint density at radius 3 is 2.33 bits per heavy atom. The number of amides is 1. The molecule has 0 aliphatic carbocycles. The number of carbonyl (C=O) groups is 2. The molecule has 0 atom stereocenters. The third kappa shape index (κ3) is 6.88. The minimum Gasteiger partial charge on any atom is -0.481 e. The molecule has 5 heteroatoms.